The highest BCUT2D eigenvalue weighted by Crippen LogP contribution is 2.35. The fraction of sp³-hybridized carbons (Fsp3) is 0.194. The number of carbonyl (C=O) groups excluding carboxylic acids is 1. The highest BCUT2D eigenvalue weighted by Gasteiger charge is 2.32. The van der Waals surface area contributed by atoms with Crippen LogP contribution >= 0.6 is 24.0 Å². The number of carbonyl (C=O) groups is 1. The smallest absolute Gasteiger partial charge is 0.266 e. The Morgan fingerprint density at radius 2 is 1.77 bits per heavy atom. The molecule has 0 N–H and O–H groups in total. The zero-order chi connectivity index (χ0) is 27.9. The fourth-order valence-corrected chi connectivity index (χ4v) is 5.52. The molecule has 1 aliphatic heterocycles. The maximum absolute atomic E-state index is 14.0. The molecule has 0 bridgehead atoms. The van der Waals surface area contributed by atoms with Crippen molar-refractivity contribution in [1.82, 2.24) is 14.7 Å². The third-order valence-corrected chi connectivity index (χ3v) is 7.66. The summed E-state index contributed by atoms with van der Waals surface area (Å²) in [5.41, 5.74) is 3.75. The predicted molar refractivity (Wildman–Crippen MR) is 161 cm³/mol. The zero-order valence-electron chi connectivity index (χ0n) is 22.0. The van der Waals surface area contributed by atoms with Gasteiger partial charge in [0.2, 0.25) is 0 Å². The lowest BCUT2D eigenvalue weighted by Crippen LogP contribution is -2.29. The molecule has 4 aromatic rings. The lowest BCUT2D eigenvalue weighted by molar-refractivity contribution is -0.122. The third-order valence-electron chi connectivity index (χ3n) is 6.28. The number of thiocarbonyl (C=S) groups is 1. The van der Waals surface area contributed by atoms with Crippen LogP contribution in [0.2, 0.25) is 0 Å². The maximum Gasteiger partial charge on any atom is 0.266 e. The van der Waals surface area contributed by atoms with Gasteiger partial charge in [-0.1, -0.05) is 60.4 Å². The normalized spacial score (nSPS) is 14.3. The van der Waals surface area contributed by atoms with Crippen molar-refractivity contribution < 1.29 is 18.7 Å². The second kappa shape index (κ2) is 13.0. The summed E-state index contributed by atoms with van der Waals surface area (Å²) in [7, 11) is 0. The van der Waals surface area contributed by atoms with E-state index < -0.39 is 0 Å². The standard InChI is InChI=1S/C31H28FN3O3S2/c1-2-37-18-8-17-34-30(36)28(40-31(34)39)19-24-20-35(25-10-4-3-5-11-25)33-29(24)22-13-15-26(16-14-22)38-21-23-9-6-7-12-27(23)32/h3-7,9-16,19-20H,2,8,17-18,21H2,1H3/b28-19-. The van der Waals surface area contributed by atoms with Gasteiger partial charge in [-0.15, -0.1) is 0 Å². The minimum atomic E-state index is -0.296. The van der Waals surface area contributed by atoms with Crippen LogP contribution in [0, 0.1) is 5.82 Å². The zero-order valence-corrected chi connectivity index (χ0v) is 23.6. The van der Waals surface area contributed by atoms with Crippen molar-refractivity contribution in [3.8, 4) is 22.7 Å². The van der Waals surface area contributed by atoms with Gasteiger partial charge in [0.15, 0.2) is 0 Å². The van der Waals surface area contributed by atoms with Crippen molar-refractivity contribution in [2.45, 2.75) is 20.0 Å². The van der Waals surface area contributed by atoms with E-state index in [0.717, 1.165) is 23.2 Å². The predicted octanol–water partition coefficient (Wildman–Crippen LogP) is 6.89. The van der Waals surface area contributed by atoms with E-state index in [-0.39, 0.29) is 18.3 Å². The number of benzene rings is 3. The van der Waals surface area contributed by atoms with Crippen molar-refractivity contribution >= 4 is 40.3 Å². The summed E-state index contributed by atoms with van der Waals surface area (Å²) in [5.74, 6) is 0.209. The van der Waals surface area contributed by atoms with Crippen molar-refractivity contribution in [3.63, 3.8) is 0 Å². The molecule has 0 radical (unpaired) electrons. The Morgan fingerprint density at radius 3 is 2.52 bits per heavy atom. The first-order chi connectivity index (χ1) is 19.5. The van der Waals surface area contributed by atoms with Crippen LogP contribution in [-0.2, 0) is 16.1 Å². The van der Waals surface area contributed by atoms with Crippen LogP contribution in [0.5, 0.6) is 5.75 Å². The minimum Gasteiger partial charge on any atom is -0.489 e. The second-order valence-corrected chi connectivity index (χ2v) is 10.7. The van der Waals surface area contributed by atoms with Gasteiger partial charge in [-0.2, -0.15) is 5.10 Å². The fourth-order valence-electron chi connectivity index (χ4n) is 4.22. The number of rotatable bonds is 11. The minimum absolute atomic E-state index is 0.109. The summed E-state index contributed by atoms with van der Waals surface area (Å²) in [5, 5.41) is 4.86. The van der Waals surface area contributed by atoms with Crippen LogP contribution in [0.1, 0.15) is 24.5 Å². The largest absolute Gasteiger partial charge is 0.489 e. The molecule has 9 heteroatoms. The Hall–Kier alpha value is -3.79. The van der Waals surface area contributed by atoms with E-state index >= 15 is 0 Å². The van der Waals surface area contributed by atoms with Crippen molar-refractivity contribution in [1.29, 1.82) is 0 Å². The molecule has 3 aromatic carbocycles. The number of para-hydroxylation sites is 1. The van der Waals surface area contributed by atoms with E-state index in [2.05, 4.69) is 0 Å². The molecule has 0 saturated carbocycles. The first-order valence-corrected chi connectivity index (χ1v) is 14.2. The summed E-state index contributed by atoms with van der Waals surface area (Å²) < 4.78 is 27.5. The Balaban J connectivity index is 1.40. The molecule has 1 aromatic heterocycles. The van der Waals surface area contributed by atoms with E-state index in [9.17, 15) is 9.18 Å². The molecule has 1 amide bonds. The molecule has 0 aliphatic carbocycles. The summed E-state index contributed by atoms with van der Waals surface area (Å²) in [6.07, 6.45) is 4.48. The second-order valence-electron chi connectivity index (χ2n) is 9.00. The molecule has 40 heavy (non-hydrogen) atoms. The number of thioether (sulfide) groups is 1. The number of hydrogen-bond acceptors (Lipinski definition) is 6. The van der Waals surface area contributed by atoms with E-state index in [0.29, 0.717) is 46.0 Å². The molecular formula is C31H28FN3O3S2. The first kappa shape index (κ1) is 27.8. The summed E-state index contributed by atoms with van der Waals surface area (Å²) >= 11 is 6.81. The van der Waals surface area contributed by atoms with Gasteiger partial charge in [-0.25, -0.2) is 9.07 Å². The van der Waals surface area contributed by atoms with Crippen LogP contribution in [0.3, 0.4) is 0 Å². The number of nitrogens with zero attached hydrogens (tertiary/aromatic N) is 3. The van der Waals surface area contributed by atoms with E-state index in [1.54, 1.807) is 27.8 Å². The molecule has 6 nitrogen and oxygen atoms in total. The third kappa shape index (κ3) is 6.50. The molecule has 0 unspecified atom stereocenters. The highest BCUT2D eigenvalue weighted by atomic mass is 32.2. The lowest BCUT2D eigenvalue weighted by Gasteiger charge is -2.13. The number of ether oxygens (including phenoxy) is 2. The van der Waals surface area contributed by atoms with Crippen molar-refractivity contribution in [2.75, 3.05) is 19.8 Å². The highest BCUT2D eigenvalue weighted by molar-refractivity contribution is 8.26. The van der Waals surface area contributed by atoms with Crippen LogP contribution in [0.25, 0.3) is 23.0 Å². The molecule has 5 rings (SSSR count). The number of aromatic nitrogens is 2. The Kier molecular flexibility index (Phi) is 9.05. The summed E-state index contributed by atoms with van der Waals surface area (Å²) in [6.45, 7) is 3.83. The Bertz CT molecular complexity index is 1520. The molecule has 0 spiro atoms. The van der Waals surface area contributed by atoms with Gasteiger partial charge < -0.3 is 9.47 Å². The quantitative estimate of drug-likeness (QED) is 0.111. The van der Waals surface area contributed by atoms with Gasteiger partial charge in [0.25, 0.3) is 5.91 Å². The van der Waals surface area contributed by atoms with E-state index in [1.165, 1.54) is 17.8 Å². The van der Waals surface area contributed by atoms with Crippen LogP contribution in [0.15, 0.2) is 90.0 Å². The summed E-state index contributed by atoms with van der Waals surface area (Å²) in [4.78, 5) is 15.4. The van der Waals surface area contributed by atoms with E-state index in [1.807, 2.05) is 73.8 Å². The van der Waals surface area contributed by atoms with Gasteiger partial charge in [0.1, 0.15) is 22.5 Å². The SMILES string of the molecule is CCOCCCN1C(=O)/C(=C/c2cn(-c3ccccc3)nc2-c2ccc(OCc3ccccc3F)cc2)SC1=S. The van der Waals surface area contributed by atoms with E-state index in [4.69, 9.17) is 26.8 Å². The number of amides is 1. The number of hydrogen-bond donors (Lipinski definition) is 0. The van der Waals surface area contributed by atoms with Gasteiger partial charge in [0.05, 0.1) is 16.3 Å². The van der Waals surface area contributed by atoms with Crippen LogP contribution in [-0.4, -0.2) is 44.7 Å². The molecular weight excluding hydrogens is 545 g/mol. The van der Waals surface area contributed by atoms with Gasteiger partial charge in [-0.3, -0.25) is 9.69 Å². The molecule has 2 heterocycles. The van der Waals surface area contributed by atoms with Gasteiger partial charge in [0, 0.05) is 42.6 Å². The van der Waals surface area contributed by atoms with Crippen molar-refractivity contribution in [2.24, 2.45) is 0 Å². The molecule has 1 saturated heterocycles. The average molecular weight is 574 g/mol. The van der Waals surface area contributed by atoms with Gasteiger partial charge in [-0.05, 0) is 61.9 Å². The lowest BCUT2D eigenvalue weighted by atomic mass is 10.1. The number of halogens is 1. The Morgan fingerprint density at radius 1 is 1.02 bits per heavy atom. The Labute approximate surface area is 242 Å². The van der Waals surface area contributed by atoms with Gasteiger partial charge >= 0.3 is 0 Å². The average Bonchev–Trinajstić information content (AvgIpc) is 3.51. The summed E-state index contributed by atoms with van der Waals surface area (Å²) in [6, 6.07) is 23.8. The molecule has 204 valence electrons. The maximum atomic E-state index is 14.0. The first-order valence-electron chi connectivity index (χ1n) is 13.0. The monoisotopic (exact) mass is 573 g/mol. The van der Waals surface area contributed by atoms with Crippen LogP contribution < -0.4 is 4.74 Å². The molecule has 0 atom stereocenters. The topological polar surface area (TPSA) is 56.6 Å². The van der Waals surface area contributed by atoms with Crippen molar-refractivity contribution in [3.05, 3.63) is 107 Å². The molecule has 1 aliphatic rings. The molecule has 1 fully saturated rings. The van der Waals surface area contributed by atoms with Crippen LogP contribution in [0.4, 0.5) is 4.39 Å².